The first-order valence-electron chi connectivity index (χ1n) is 3.80. The van der Waals surface area contributed by atoms with E-state index in [4.69, 9.17) is 10.5 Å². The molecule has 1 aliphatic rings. The van der Waals surface area contributed by atoms with Gasteiger partial charge in [0.1, 0.15) is 0 Å². The van der Waals surface area contributed by atoms with Crippen LogP contribution in [0.5, 0.6) is 0 Å². The highest BCUT2D eigenvalue weighted by Crippen LogP contribution is 2.16. The summed E-state index contributed by atoms with van der Waals surface area (Å²) < 4.78 is 5.32. The van der Waals surface area contributed by atoms with Gasteiger partial charge in [-0.15, -0.1) is 0 Å². The minimum atomic E-state index is 0.0677. The van der Waals surface area contributed by atoms with E-state index < -0.39 is 0 Å². The zero-order chi connectivity index (χ0) is 7.45. The molecule has 3 N–H and O–H groups in total. The Morgan fingerprint density at radius 2 is 2.50 bits per heavy atom. The second-order valence-electron chi connectivity index (χ2n) is 2.89. The molecular formula is C7H16N2O. The minimum absolute atomic E-state index is 0.0677. The smallest absolute Gasteiger partial charge is 0.0660 e. The van der Waals surface area contributed by atoms with E-state index in [2.05, 4.69) is 5.32 Å². The fourth-order valence-electron chi connectivity index (χ4n) is 1.31. The van der Waals surface area contributed by atoms with Gasteiger partial charge in [0.05, 0.1) is 12.1 Å². The normalized spacial score (nSPS) is 34.2. The lowest BCUT2D eigenvalue weighted by Crippen LogP contribution is -2.55. The van der Waals surface area contributed by atoms with E-state index in [0.29, 0.717) is 6.54 Å². The highest BCUT2D eigenvalue weighted by Gasteiger charge is 2.28. The van der Waals surface area contributed by atoms with Crippen molar-refractivity contribution in [3.63, 3.8) is 0 Å². The van der Waals surface area contributed by atoms with Crippen molar-refractivity contribution in [1.29, 1.82) is 0 Å². The van der Waals surface area contributed by atoms with E-state index in [-0.39, 0.29) is 5.54 Å². The van der Waals surface area contributed by atoms with Crippen molar-refractivity contribution in [2.45, 2.75) is 18.4 Å². The van der Waals surface area contributed by atoms with Gasteiger partial charge in [-0.3, -0.25) is 0 Å². The number of ether oxygens (including phenoxy) is 1. The topological polar surface area (TPSA) is 47.3 Å². The van der Waals surface area contributed by atoms with Gasteiger partial charge in [0, 0.05) is 13.2 Å². The molecule has 1 fully saturated rings. The summed E-state index contributed by atoms with van der Waals surface area (Å²) in [5.74, 6) is 0. The highest BCUT2D eigenvalue weighted by molar-refractivity contribution is 4.89. The first kappa shape index (κ1) is 7.98. The Morgan fingerprint density at radius 3 is 2.80 bits per heavy atom. The molecule has 1 heterocycles. The Kier molecular flexibility index (Phi) is 2.65. The molecule has 1 atom stereocenters. The summed E-state index contributed by atoms with van der Waals surface area (Å²) in [6.45, 7) is 2.33. The number of likely N-dealkylation sites (N-methyl/N-ethyl adjacent to an activating group) is 1. The van der Waals surface area contributed by atoms with Crippen LogP contribution in [0.15, 0.2) is 0 Å². The van der Waals surface area contributed by atoms with Crippen LogP contribution in [0.4, 0.5) is 0 Å². The molecule has 1 aliphatic heterocycles. The number of rotatable bonds is 2. The lowest BCUT2D eigenvalue weighted by Gasteiger charge is -2.35. The van der Waals surface area contributed by atoms with Crippen LogP contribution >= 0.6 is 0 Å². The summed E-state index contributed by atoms with van der Waals surface area (Å²) in [5, 5.41) is 3.22. The average Bonchev–Trinajstić information content (AvgIpc) is 2.06. The fraction of sp³-hybridized carbons (Fsp3) is 1.00. The Hall–Kier alpha value is -0.120. The lowest BCUT2D eigenvalue weighted by molar-refractivity contribution is 0.0277. The molecule has 3 nitrogen and oxygen atoms in total. The molecule has 1 saturated heterocycles. The molecular weight excluding hydrogens is 128 g/mol. The second kappa shape index (κ2) is 3.32. The van der Waals surface area contributed by atoms with Gasteiger partial charge in [0.2, 0.25) is 0 Å². The van der Waals surface area contributed by atoms with Gasteiger partial charge in [-0.1, -0.05) is 0 Å². The Bertz CT molecular complexity index is 93.8. The van der Waals surface area contributed by atoms with Gasteiger partial charge in [0.25, 0.3) is 0 Å². The van der Waals surface area contributed by atoms with Crippen LogP contribution < -0.4 is 11.1 Å². The van der Waals surface area contributed by atoms with Gasteiger partial charge in [-0.25, -0.2) is 0 Å². The molecule has 0 aromatic carbocycles. The highest BCUT2D eigenvalue weighted by atomic mass is 16.5. The molecule has 0 aromatic rings. The molecule has 0 spiro atoms. The molecule has 0 aliphatic carbocycles. The quantitative estimate of drug-likeness (QED) is 0.560. The summed E-state index contributed by atoms with van der Waals surface area (Å²) in [6, 6.07) is 0. The number of hydrogen-bond donors (Lipinski definition) is 2. The van der Waals surface area contributed by atoms with E-state index in [1.807, 2.05) is 7.05 Å². The Morgan fingerprint density at radius 1 is 1.70 bits per heavy atom. The number of hydrogen-bond acceptors (Lipinski definition) is 3. The third kappa shape index (κ3) is 1.48. The summed E-state index contributed by atoms with van der Waals surface area (Å²) in [7, 11) is 1.95. The fourth-order valence-corrected chi connectivity index (χ4v) is 1.31. The molecule has 1 unspecified atom stereocenters. The molecule has 60 valence electrons. The molecule has 3 heteroatoms. The van der Waals surface area contributed by atoms with Gasteiger partial charge >= 0.3 is 0 Å². The van der Waals surface area contributed by atoms with Crippen LogP contribution in [0, 0.1) is 0 Å². The van der Waals surface area contributed by atoms with Gasteiger partial charge in [-0.05, 0) is 19.9 Å². The van der Waals surface area contributed by atoms with Crippen LogP contribution in [-0.4, -0.2) is 32.3 Å². The van der Waals surface area contributed by atoms with E-state index >= 15 is 0 Å². The van der Waals surface area contributed by atoms with E-state index in [9.17, 15) is 0 Å². The molecule has 0 aromatic heterocycles. The van der Waals surface area contributed by atoms with Crippen molar-refractivity contribution in [2.24, 2.45) is 5.73 Å². The first-order valence-corrected chi connectivity index (χ1v) is 3.80. The maximum absolute atomic E-state index is 5.61. The molecule has 0 radical (unpaired) electrons. The van der Waals surface area contributed by atoms with Crippen molar-refractivity contribution < 1.29 is 4.74 Å². The van der Waals surface area contributed by atoms with Crippen molar-refractivity contribution in [3.05, 3.63) is 0 Å². The summed E-state index contributed by atoms with van der Waals surface area (Å²) in [4.78, 5) is 0. The standard InChI is InChI=1S/C7H16N2O/c1-9-7(5-8)3-2-4-10-6-7/h9H,2-6,8H2,1H3. The third-order valence-corrected chi connectivity index (χ3v) is 2.24. The van der Waals surface area contributed by atoms with Crippen LogP contribution in [0.25, 0.3) is 0 Å². The van der Waals surface area contributed by atoms with Crippen molar-refractivity contribution >= 4 is 0 Å². The molecule has 0 bridgehead atoms. The van der Waals surface area contributed by atoms with Crippen LogP contribution in [-0.2, 0) is 4.74 Å². The SMILES string of the molecule is CNC1(CN)CCCOC1. The lowest BCUT2D eigenvalue weighted by atomic mass is 9.93. The molecule has 10 heavy (non-hydrogen) atoms. The predicted molar refractivity (Wildman–Crippen MR) is 40.9 cm³/mol. The van der Waals surface area contributed by atoms with Gasteiger partial charge in [-0.2, -0.15) is 0 Å². The number of nitrogens with two attached hydrogens (primary N) is 1. The van der Waals surface area contributed by atoms with Crippen molar-refractivity contribution in [2.75, 3.05) is 26.8 Å². The number of nitrogens with one attached hydrogen (secondary N) is 1. The maximum atomic E-state index is 5.61. The van der Waals surface area contributed by atoms with Crippen LogP contribution in [0.1, 0.15) is 12.8 Å². The molecule has 0 amide bonds. The van der Waals surface area contributed by atoms with Crippen LogP contribution in [0.3, 0.4) is 0 Å². The van der Waals surface area contributed by atoms with Crippen LogP contribution in [0.2, 0.25) is 0 Å². The zero-order valence-electron chi connectivity index (χ0n) is 6.52. The van der Waals surface area contributed by atoms with Gasteiger partial charge < -0.3 is 15.8 Å². The Labute approximate surface area is 61.9 Å². The predicted octanol–water partition coefficient (Wildman–Crippen LogP) is -0.286. The average molecular weight is 144 g/mol. The zero-order valence-corrected chi connectivity index (χ0v) is 6.52. The maximum Gasteiger partial charge on any atom is 0.0660 e. The largest absolute Gasteiger partial charge is 0.379 e. The van der Waals surface area contributed by atoms with E-state index in [0.717, 1.165) is 26.1 Å². The molecule has 1 rings (SSSR count). The first-order chi connectivity index (χ1) is 4.83. The summed E-state index contributed by atoms with van der Waals surface area (Å²) >= 11 is 0. The monoisotopic (exact) mass is 144 g/mol. The van der Waals surface area contributed by atoms with Crippen molar-refractivity contribution in [1.82, 2.24) is 5.32 Å². The second-order valence-corrected chi connectivity index (χ2v) is 2.89. The van der Waals surface area contributed by atoms with Crippen molar-refractivity contribution in [3.8, 4) is 0 Å². The van der Waals surface area contributed by atoms with E-state index in [1.54, 1.807) is 0 Å². The van der Waals surface area contributed by atoms with Gasteiger partial charge in [0.15, 0.2) is 0 Å². The summed E-state index contributed by atoms with van der Waals surface area (Å²) in [6.07, 6.45) is 2.26. The minimum Gasteiger partial charge on any atom is -0.379 e. The Balaban J connectivity index is 2.44. The van der Waals surface area contributed by atoms with E-state index in [1.165, 1.54) is 0 Å². The summed E-state index contributed by atoms with van der Waals surface area (Å²) in [5.41, 5.74) is 5.67. The molecule has 0 saturated carbocycles. The third-order valence-electron chi connectivity index (χ3n) is 2.24.